The molecule has 0 amide bonds. The average molecular weight is 285 g/mol. The summed E-state index contributed by atoms with van der Waals surface area (Å²) >= 11 is 3.06. The van der Waals surface area contributed by atoms with Crippen LogP contribution >= 0.6 is 22.7 Å². The van der Waals surface area contributed by atoms with E-state index in [1.165, 1.54) is 11.3 Å². The quantitative estimate of drug-likeness (QED) is 0.567. The highest BCUT2D eigenvalue weighted by Gasteiger charge is 2.18. The lowest BCUT2D eigenvalue weighted by Crippen LogP contribution is -2.10. The standard InChI is InChI=1S/C14H11N3S2/c15-13(16)12-11(14-17-6-7-18-14)10(8-19-12)9-4-2-1-3-5-9/h1-8H,(H3,15,16). The monoisotopic (exact) mass is 285 g/mol. The van der Waals surface area contributed by atoms with Crippen molar-refractivity contribution in [3.05, 3.63) is 52.2 Å². The van der Waals surface area contributed by atoms with Crippen molar-refractivity contribution < 1.29 is 0 Å². The summed E-state index contributed by atoms with van der Waals surface area (Å²) in [4.78, 5) is 5.15. The van der Waals surface area contributed by atoms with Crippen molar-refractivity contribution in [1.82, 2.24) is 4.98 Å². The van der Waals surface area contributed by atoms with Crippen molar-refractivity contribution in [3.63, 3.8) is 0 Å². The van der Waals surface area contributed by atoms with Crippen LogP contribution in [0.4, 0.5) is 0 Å². The molecule has 3 nitrogen and oxygen atoms in total. The number of aromatic nitrogens is 1. The van der Waals surface area contributed by atoms with E-state index >= 15 is 0 Å². The molecule has 0 aliphatic rings. The second-order valence-electron chi connectivity index (χ2n) is 3.97. The van der Waals surface area contributed by atoms with Gasteiger partial charge in [0.1, 0.15) is 10.8 Å². The fourth-order valence-electron chi connectivity index (χ4n) is 1.95. The number of nitrogens with two attached hydrogens (primary N) is 1. The largest absolute Gasteiger partial charge is 0.383 e. The third kappa shape index (κ3) is 2.18. The van der Waals surface area contributed by atoms with Gasteiger partial charge < -0.3 is 5.73 Å². The first-order valence-electron chi connectivity index (χ1n) is 5.68. The Labute approximate surface area is 118 Å². The van der Waals surface area contributed by atoms with E-state index in [-0.39, 0.29) is 5.84 Å². The first kappa shape index (κ1) is 12.1. The molecule has 3 aromatic rings. The van der Waals surface area contributed by atoms with Gasteiger partial charge in [0.05, 0.1) is 4.88 Å². The van der Waals surface area contributed by atoms with Gasteiger partial charge in [-0.05, 0) is 5.56 Å². The molecule has 0 saturated heterocycles. The number of hydrogen-bond acceptors (Lipinski definition) is 4. The van der Waals surface area contributed by atoms with Crippen molar-refractivity contribution in [2.75, 3.05) is 0 Å². The number of thiazole rings is 1. The normalized spacial score (nSPS) is 10.5. The van der Waals surface area contributed by atoms with Gasteiger partial charge in [0, 0.05) is 28.1 Å². The number of thiophene rings is 1. The third-order valence-corrected chi connectivity index (χ3v) is 4.57. The van der Waals surface area contributed by atoms with E-state index < -0.39 is 0 Å². The molecule has 19 heavy (non-hydrogen) atoms. The van der Waals surface area contributed by atoms with E-state index in [0.29, 0.717) is 0 Å². The van der Waals surface area contributed by atoms with Crippen LogP contribution in [0, 0.1) is 5.41 Å². The zero-order valence-corrected chi connectivity index (χ0v) is 11.6. The van der Waals surface area contributed by atoms with E-state index in [0.717, 1.165) is 26.6 Å². The molecule has 0 aliphatic heterocycles. The number of nitrogens with zero attached hydrogens (tertiary/aromatic N) is 1. The molecule has 3 N–H and O–H groups in total. The number of nitrogens with one attached hydrogen (secondary N) is 1. The highest BCUT2D eigenvalue weighted by Crippen LogP contribution is 2.39. The Kier molecular flexibility index (Phi) is 3.15. The number of amidine groups is 1. The topological polar surface area (TPSA) is 62.8 Å². The second-order valence-corrected chi connectivity index (χ2v) is 5.74. The van der Waals surface area contributed by atoms with E-state index in [1.807, 2.05) is 29.0 Å². The Bertz CT molecular complexity index is 700. The van der Waals surface area contributed by atoms with Gasteiger partial charge in [0.15, 0.2) is 0 Å². The maximum atomic E-state index is 7.72. The predicted octanol–water partition coefficient (Wildman–Crippen LogP) is 3.82. The van der Waals surface area contributed by atoms with Gasteiger partial charge in [0.2, 0.25) is 0 Å². The summed E-state index contributed by atoms with van der Waals surface area (Å²) in [6, 6.07) is 10.1. The smallest absolute Gasteiger partial charge is 0.133 e. The van der Waals surface area contributed by atoms with Crippen molar-refractivity contribution >= 4 is 28.5 Å². The van der Waals surface area contributed by atoms with Gasteiger partial charge in [-0.1, -0.05) is 30.3 Å². The molecular formula is C14H11N3S2. The van der Waals surface area contributed by atoms with Gasteiger partial charge in [-0.15, -0.1) is 22.7 Å². The van der Waals surface area contributed by atoms with Crippen molar-refractivity contribution in [2.45, 2.75) is 0 Å². The first-order chi connectivity index (χ1) is 9.27. The maximum absolute atomic E-state index is 7.72. The number of hydrogen-bond donors (Lipinski definition) is 2. The first-order valence-corrected chi connectivity index (χ1v) is 7.44. The molecule has 0 spiro atoms. The fourth-order valence-corrected chi connectivity index (χ4v) is 3.65. The molecular weight excluding hydrogens is 274 g/mol. The maximum Gasteiger partial charge on any atom is 0.133 e. The van der Waals surface area contributed by atoms with E-state index in [1.54, 1.807) is 17.5 Å². The molecule has 2 aromatic heterocycles. The Morgan fingerprint density at radius 1 is 1.16 bits per heavy atom. The van der Waals surface area contributed by atoms with Crippen molar-refractivity contribution in [1.29, 1.82) is 5.41 Å². The van der Waals surface area contributed by atoms with Crippen LogP contribution in [0.5, 0.6) is 0 Å². The summed E-state index contributed by atoms with van der Waals surface area (Å²) < 4.78 is 0. The zero-order valence-electron chi connectivity index (χ0n) is 9.96. The van der Waals surface area contributed by atoms with Crippen LogP contribution in [0.3, 0.4) is 0 Å². The molecule has 2 heterocycles. The van der Waals surface area contributed by atoms with Crippen LogP contribution in [0.25, 0.3) is 21.7 Å². The summed E-state index contributed by atoms with van der Waals surface area (Å²) in [5.74, 6) is 0.0948. The van der Waals surface area contributed by atoms with Gasteiger partial charge in [0.25, 0.3) is 0 Å². The lowest BCUT2D eigenvalue weighted by atomic mass is 10.0. The van der Waals surface area contributed by atoms with E-state index in [9.17, 15) is 0 Å². The van der Waals surface area contributed by atoms with E-state index in [4.69, 9.17) is 11.1 Å². The molecule has 94 valence electrons. The Hall–Kier alpha value is -1.98. The minimum Gasteiger partial charge on any atom is -0.383 e. The Morgan fingerprint density at radius 3 is 2.58 bits per heavy atom. The summed E-state index contributed by atoms with van der Waals surface area (Å²) in [7, 11) is 0. The van der Waals surface area contributed by atoms with Crippen LogP contribution in [0.15, 0.2) is 47.3 Å². The molecule has 0 aliphatic carbocycles. The molecule has 0 unspecified atom stereocenters. The van der Waals surface area contributed by atoms with Crippen molar-refractivity contribution in [3.8, 4) is 21.7 Å². The SMILES string of the molecule is N=C(N)c1scc(-c2ccccc2)c1-c1nccs1. The molecule has 3 rings (SSSR count). The highest BCUT2D eigenvalue weighted by atomic mass is 32.1. The molecule has 0 radical (unpaired) electrons. The molecule has 0 fully saturated rings. The molecule has 1 aromatic carbocycles. The summed E-state index contributed by atoms with van der Waals surface area (Å²) in [5.41, 5.74) is 8.86. The predicted molar refractivity (Wildman–Crippen MR) is 81.9 cm³/mol. The van der Waals surface area contributed by atoms with Crippen LogP contribution in [0.2, 0.25) is 0 Å². The minimum atomic E-state index is 0.0948. The number of rotatable bonds is 3. The average Bonchev–Trinajstić information content (AvgIpc) is 3.08. The summed E-state index contributed by atoms with van der Waals surface area (Å²) in [5, 5.41) is 12.6. The van der Waals surface area contributed by atoms with Crippen molar-refractivity contribution in [2.24, 2.45) is 5.73 Å². The molecule has 0 atom stereocenters. The van der Waals surface area contributed by atoms with Crippen LogP contribution < -0.4 is 5.73 Å². The summed E-state index contributed by atoms with van der Waals surface area (Å²) in [6.45, 7) is 0. The third-order valence-electron chi connectivity index (χ3n) is 2.77. The zero-order chi connectivity index (χ0) is 13.2. The van der Waals surface area contributed by atoms with E-state index in [2.05, 4.69) is 17.1 Å². The molecule has 5 heteroatoms. The lowest BCUT2D eigenvalue weighted by molar-refractivity contribution is 1.41. The van der Waals surface area contributed by atoms with Gasteiger partial charge in [-0.2, -0.15) is 0 Å². The molecule has 0 saturated carbocycles. The van der Waals surface area contributed by atoms with Crippen LogP contribution in [-0.2, 0) is 0 Å². The number of benzene rings is 1. The Balaban J connectivity index is 2.24. The van der Waals surface area contributed by atoms with Crippen LogP contribution in [-0.4, -0.2) is 10.8 Å². The van der Waals surface area contributed by atoms with Gasteiger partial charge >= 0.3 is 0 Å². The minimum absolute atomic E-state index is 0.0948. The van der Waals surface area contributed by atoms with Crippen LogP contribution in [0.1, 0.15) is 4.88 Å². The van der Waals surface area contributed by atoms with Gasteiger partial charge in [-0.25, -0.2) is 4.98 Å². The van der Waals surface area contributed by atoms with Gasteiger partial charge in [-0.3, -0.25) is 5.41 Å². The highest BCUT2D eigenvalue weighted by molar-refractivity contribution is 7.15. The summed E-state index contributed by atoms with van der Waals surface area (Å²) in [6.07, 6.45) is 1.77. The second kappa shape index (κ2) is 4.95. The fraction of sp³-hybridized carbons (Fsp3) is 0. The lowest BCUT2D eigenvalue weighted by Gasteiger charge is -2.04. The number of nitrogen functional groups attached to an aromatic ring is 1. The molecule has 0 bridgehead atoms. The Morgan fingerprint density at radius 2 is 1.95 bits per heavy atom.